The Labute approximate surface area is 131 Å². The molecule has 0 bridgehead atoms. The molecule has 0 atom stereocenters. The summed E-state index contributed by atoms with van der Waals surface area (Å²) in [5.74, 6) is 6.97. The molecule has 0 unspecified atom stereocenters. The lowest BCUT2D eigenvalue weighted by atomic mass is 10.1. The van der Waals surface area contributed by atoms with E-state index in [1.165, 1.54) is 0 Å². The van der Waals surface area contributed by atoms with Crippen molar-refractivity contribution in [2.75, 3.05) is 5.43 Å². The molecule has 0 aliphatic carbocycles. The average Bonchev–Trinajstić information content (AvgIpc) is 2.53. The third-order valence-corrected chi connectivity index (χ3v) is 3.81. The minimum atomic E-state index is 0.389. The van der Waals surface area contributed by atoms with Crippen molar-refractivity contribution in [2.45, 2.75) is 6.61 Å². The molecular formula is C16H14BrN3O. The number of aromatic nitrogens is 1. The minimum absolute atomic E-state index is 0.389. The lowest BCUT2D eigenvalue weighted by molar-refractivity contribution is 0.304. The summed E-state index contributed by atoms with van der Waals surface area (Å²) in [7, 11) is 0. The standard InChI is InChI=1S/C16H14BrN3O/c17-13-6-2-4-8-15(13)21-10-12-9-11-5-1-3-7-14(11)19-16(12)20-18/h1-9H,10,18H2,(H,19,20). The number of para-hydroxylation sites is 2. The van der Waals surface area contributed by atoms with E-state index < -0.39 is 0 Å². The predicted octanol–water partition coefficient (Wildman–Crippen LogP) is 3.86. The van der Waals surface area contributed by atoms with E-state index >= 15 is 0 Å². The highest BCUT2D eigenvalue weighted by atomic mass is 79.9. The molecule has 0 saturated carbocycles. The monoisotopic (exact) mass is 343 g/mol. The molecule has 1 aromatic heterocycles. The van der Waals surface area contributed by atoms with Crippen molar-refractivity contribution in [1.29, 1.82) is 0 Å². The van der Waals surface area contributed by atoms with Gasteiger partial charge < -0.3 is 10.2 Å². The number of nitrogens with two attached hydrogens (primary N) is 1. The first-order valence-electron chi connectivity index (χ1n) is 6.50. The Morgan fingerprint density at radius 1 is 1.10 bits per heavy atom. The number of halogens is 1. The first-order valence-corrected chi connectivity index (χ1v) is 7.30. The molecule has 1 heterocycles. The van der Waals surface area contributed by atoms with Gasteiger partial charge in [-0.3, -0.25) is 0 Å². The van der Waals surface area contributed by atoms with Crippen LogP contribution in [0.1, 0.15) is 5.56 Å². The van der Waals surface area contributed by atoms with Gasteiger partial charge in [-0.2, -0.15) is 0 Å². The SMILES string of the molecule is NNc1nc2ccccc2cc1COc1ccccc1Br. The summed E-state index contributed by atoms with van der Waals surface area (Å²) in [6.07, 6.45) is 0. The van der Waals surface area contributed by atoms with E-state index in [1.54, 1.807) is 0 Å². The Kier molecular flexibility index (Phi) is 4.03. The molecule has 106 valence electrons. The molecule has 3 rings (SSSR count). The zero-order valence-corrected chi connectivity index (χ0v) is 12.8. The highest BCUT2D eigenvalue weighted by Crippen LogP contribution is 2.26. The van der Waals surface area contributed by atoms with Crippen LogP contribution in [0, 0.1) is 0 Å². The van der Waals surface area contributed by atoms with Crippen LogP contribution < -0.4 is 16.0 Å². The summed E-state index contributed by atoms with van der Waals surface area (Å²) in [5.41, 5.74) is 4.44. The Hall–Kier alpha value is -2.11. The molecule has 0 aliphatic heterocycles. The number of hydrogen-bond acceptors (Lipinski definition) is 4. The third kappa shape index (κ3) is 2.99. The molecule has 3 aromatic rings. The van der Waals surface area contributed by atoms with Crippen molar-refractivity contribution < 1.29 is 4.74 Å². The fourth-order valence-electron chi connectivity index (χ4n) is 2.11. The van der Waals surface area contributed by atoms with Gasteiger partial charge in [-0.1, -0.05) is 30.3 Å². The summed E-state index contributed by atoms with van der Waals surface area (Å²) in [4.78, 5) is 4.50. The number of rotatable bonds is 4. The van der Waals surface area contributed by atoms with Gasteiger partial charge in [0.2, 0.25) is 0 Å². The first-order chi connectivity index (χ1) is 10.3. The lowest BCUT2D eigenvalue weighted by Crippen LogP contribution is -2.12. The van der Waals surface area contributed by atoms with Gasteiger partial charge in [0.15, 0.2) is 0 Å². The normalized spacial score (nSPS) is 10.6. The number of benzene rings is 2. The van der Waals surface area contributed by atoms with Crippen molar-refractivity contribution in [3.8, 4) is 5.75 Å². The van der Waals surface area contributed by atoms with Gasteiger partial charge in [0.25, 0.3) is 0 Å². The molecule has 0 fully saturated rings. The van der Waals surface area contributed by atoms with E-state index in [2.05, 4.69) is 26.3 Å². The Morgan fingerprint density at radius 3 is 2.67 bits per heavy atom. The fourth-order valence-corrected chi connectivity index (χ4v) is 2.51. The number of hydrazine groups is 1. The number of ether oxygens (including phenoxy) is 1. The number of fused-ring (bicyclic) bond motifs is 1. The van der Waals surface area contributed by atoms with Crippen molar-refractivity contribution in [3.05, 3.63) is 64.6 Å². The quantitative estimate of drug-likeness (QED) is 0.557. The molecule has 4 nitrogen and oxygen atoms in total. The second kappa shape index (κ2) is 6.11. The zero-order chi connectivity index (χ0) is 14.7. The number of nitrogens with one attached hydrogen (secondary N) is 1. The number of nitrogens with zero attached hydrogens (tertiary/aromatic N) is 1. The van der Waals surface area contributed by atoms with Crippen LogP contribution in [0.15, 0.2) is 59.1 Å². The van der Waals surface area contributed by atoms with E-state index in [9.17, 15) is 0 Å². The van der Waals surface area contributed by atoms with Gasteiger partial charge in [0.1, 0.15) is 18.2 Å². The van der Waals surface area contributed by atoms with E-state index in [4.69, 9.17) is 10.6 Å². The van der Waals surface area contributed by atoms with Crippen LogP contribution in [0.4, 0.5) is 5.82 Å². The average molecular weight is 344 g/mol. The maximum absolute atomic E-state index is 5.83. The van der Waals surface area contributed by atoms with Crippen molar-refractivity contribution in [3.63, 3.8) is 0 Å². The zero-order valence-electron chi connectivity index (χ0n) is 11.2. The smallest absolute Gasteiger partial charge is 0.147 e. The van der Waals surface area contributed by atoms with E-state index in [0.717, 1.165) is 26.7 Å². The first kappa shape index (κ1) is 13.9. The van der Waals surface area contributed by atoms with Crippen LogP contribution in [0.3, 0.4) is 0 Å². The minimum Gasteiger partial charge on any atom is -0.488 e. The second-order valence-electron chi connectivity index (χ2n) is 4.55. The fraction of sp³-hybridized carbons (Fsp3) is 0.0625. The van der Waals surface area contributed by atoms with Crippen molar-refractivity contribution >= 4 is 32.7 Å². The number of hydrogen-bond donors (Lipinski definition) is 2. The van der Waals surface area contributed by atoms with Crippen LogP contribution in [-0.2, 0) is 6.61 Å². The van der Waals surface area contributed by atoms with Gasteiger partial charge in [-0.25, -0.2) is 10.8 Å². The number of anilines is 1. The topological polar surface area (TPSA) is 60.2 Å². The molecule has 0 radical (unpaired) electrons. The Bertz CT molecular complexity index is 776. The largest absolute Gasteiger partial charge is 0.488 e. The van der Waals surface area contributed by atoms with Gasteiger partial charge in [-0.15, -0.1) is 0 Å². The predicted molar refractivity (Wildman–Crippen MR) is 88.0 cm³/mol. The summed E-state index contributed by atoms with van der Waals surface area (Å²) in [5, 5.41) is 1.06. The molecule has 2 aromatic carbocycles. The third-order valence-electron chi connectivity index (χ3n) is 3.16. The van der Waals surface area contributed by atoms with Crippen molar-refractivity contribution in [2.24, 2.45) is 5.84 Å². The molecule has 0 spiro atoms. The van der Waals surface area contributed by atoms with Crippen LogP contribution in [0.2, 0.25) is 0 Å². The lowest BCUT2D eigenvalue weighted by Gasteiger charge is -2.12. The Morgan fingerprint density at radius 2 is 1.86 bits per heavy atom. The maximum Gasteiger partial charge on any atom is 0.147 e. The van der Waals surface area contributed by atoms with Gasteiger partial charge in [0.05, 0.1) is 9.99 Å². The van der Waals surface area contributed by atoms with Crippen LogP contribution in [0.25, 0.3) is 10.9 Å². The van der Waals surface area contributed by atoms with E-state index in [1.807, 2.05) is 54.6 Å². The molecule has 3 N–H and O–H groups in total. The number of nitrogen functional groups attached to an aromatic ring is 1. The number of pyridine rings is 1. The Balaban J connectivity index is 1.91. The van der Waals surface area contributed by atoms with Gasteiger partial charge in [-0.05, 0) is 40.2 Å². The summed E-state index contributed by atoms with van der Waals surface area (Å²) >= 11 is 3.46. The van der Waals surface area contributed by atoms with Crippen LogP contribution in [0.5, 0.6) is 5.75 Å². The summed E-state index contributed by atoms with van der Waals surface area (Å²) < 4.78 is 6.75. The van der Waals surface area contributed by atoms with Gasteiger partial charge >= 0.3 is 0 Å². The van der Waals surface area contributed by atoms with E-state index in [-0.39, 0.29) is 0 Å². The molecule has 0 amide bonds. The molecule has 0 saturated heterocycles. The molecule has 0 aliphatic rings. The highest BCUT2D eigenvalue weighted by Gasteiger charge is 2.08. The van der Waals surface area contributed by atoms with Gasteiger partial charge in [0, 0.05) is 10.9 Å². The molecular weight excluding hydrogens is 330 g/mol. The van der Waals surface area contributed by atoms with Crippen LogP contribution >= 0.6 is 15.9 Å². The van der Waals surface area contributed by atoms with Crippen molar-refractivity contribution in [1.82, 2.24) is 4.98 Å². The van der Waals surface area contributed by atoms with E-state index in [0.29, 0.717) is 12.4 Å². The summed E-state index contributed by atoms with van der Waals surface area (Å²) in [6, 6.07) is 17.7. The summed E-state index contributed by atoms with van der Waals surface area (Å²) in [6.45, 7) is 0.389. The second-order valence-corrected chi connectivity index (χ2v) is 5.41. The highest BCUT2D eigenvalue weighted by molar-refractivity contribution is 9.10. The maximum atomic E-state index is 5.83. The molecule has 5 heteroatoms. The molecule has 21 heavy (non-hydrogen) atoms. The van der Waals surface area contributed by atoms with Crippen LogP contribution in [-0.4, -0.2) is 4.98 Å².